The third kappa shape index (κ3) is 6.35. The average molecular weight is 505 g/mol. The molecule has 2 aromatic carbocycles. The van der Waals surface area contributed by atoms with Crippen LogP contribution < -0.4 is 5.32 Å². The topological polar surface area (TPSA) is 66.5 Å². The van der Waals surface area contributed by atoms with E-state index in [1.807, 2.05) is 0 Å². The van der Waals surface area contributed by atoms with Crippen LogP contribution in [0.4, 0.5) is 4.39 Å². The van der Waals surface area contributed by atoms with Gasteiger partial charge in [-0.05, 0) is 49.2 Å². The van der Waals surface area contributed by atoms with Crippen LogP contribution in [-0.2, 0) is 20.6 Å². The Morgan fingerprint density at radius 3 is 2.65 bits per heavy atom. The molecule has 5 nitrogen and oxygen atoms in total. The van der Waals surface area contributed by atoms with Crippen molar-refractivity contribution in [3.05, 3.63) is 63.9 Å². The Bertz CT molecular complexity index is 1000. The van der Waals surface area contributed by atoms with E-state index in [4.69, 9.17) is 23.2 Å². The van der Waals surface area contributed by atoms with E-state index in [2.05, 4.69) is 5.32 Å². The smallest absolute Gasteiger partial charge is 0.243 e. The fraction of sp³-hybridized carbons (Fsp3) is 0.381. The van der Waals surface area contributed by atoms with Gasteiger partial charge in [0, 0.05) is 46.7 Å². The number of benzene rings is 2. The number of amides is 1. The Balaban J connectivity index is 1.48. The molecule has 1 amide bonds. The Kier molecular flexibility index (Phi) is 8.64. The maximum absolute atomic E-state index is 13.8. The Morgan fingerprint density at radius 1 is 1.19 bits per heavy atom. The van der Waals surface area contributed by atoms with Crippen molar-refractivity contribution in [1.82, 2.24) is 9.62 Å². The number of thioether (sulfide) groups is 1. The highest BCUT2D eigenvalue weighted by Gasteiger charge is 2.33. The molecule has 0 unspecified atom stereocenters. The first-order valence-electron chi connectivity index (χ1n) is 9.83. The molecule has 168 valence electrons. The number of piperidine rings is 1. The summed E-state index contributed by atoms with van der Waals surface area (Å²) in [6.07, 6.45) is 1.25. The van der Waals surface area contributed by atoms with Gasteiger partial charge in [0.1, 0.15) is 5.82 Å². The fourth-order valence-corrected chi connectivity index (χ4v) is 6.21. The highest BCUT2D eigenvalue weighted by molar-refractivity contribution is 7.98. The van der Waals surface area contributed by atoms with Gasteiger partial charge in [-0.1, -0.05) is 29.3 Å². The zero-order valence-electron chi connectivity index (χ0n) is 16.7. The minimum absolute atomic E-state index is 0.148. The summed E-state index contributed by atoms with van der Waals surface area (Å²) >= 11 is 13.3. The van der Waals surface area contributed by atoms with Gasteiger partial charge in [-0.15, -0.1) is 0 Å². The van der Waals surface area contributed by atoms with E-state index < -0.39 is 15.9 Å². The minimum atomic E-state index is -3.67. The number of hydrogen-bond donors (Lipinski definition) is 1. The zero-order chi connectivity index (χ0) is 22.4. The first-order chi connectivity index (χ1) is 14.8. The van der Waals surface area contributed by atoms with Gasteiger partial charge in [-0.2, -0.15) is 16.1 Å². The molecule has 10 heteroatoms. The van der Waals surface area contributed by atoms with Gasteiger partial charge in [0.15, 0.2) is 0 Å². The number of nitrogens with one attached hydrogen (secondary N) is 1. The van der Waals surface area contributed by atoms with Crippen molar-refractivity contribution in [2.45, 2.75) is 23.5 Å². The fourth-order valence-electron chi connectivity index (χ4n) is 3.37. The second-order valence-electron chi connectivity index (χ2n) is 7.20. The number of rotatable bonds is 8. The van der Waals surface area contributed by atoms with Crippen LogP contribution >= 0.6 is 35.0 Å². The zero-order valence-corrected chi connectivity index (χ0v) is 19.8. The third-order valence-corrected chi connectivity index (χ3v) is 8.53. The van der Waals surface area contributed by atoms with E-state index in [1.165, 1.54) is 46.4 Å². The van der Waals surface area contributed by atoms with Crippen molar-refractivity contribution in [2.24, 2.45) is 5.92 Å². The van der Waals surface area contributed by atoms with Gasteiger partial charge < -0.3 is 5.32 Å². The van der Waals surface area contributed by atoms with E-state index >= 15 is 0 Å². The summed E-state index contributed by atoms with van der Waals surface area (Å²) in [5, 5.41) is 3.71. The molecule has 1 fully saturated rings. The predicted octanol–water partition coefficient (Wildman–Crippen LogP) is 4.58. The average Bonchev–Trinajstić information content (AvgIpc) is 2.75. The van der Waals surface area contributed by atoms with Crippen molar-refractivity contribution in [1.29, 1.82) is 0 Å². The molecule has 3 rings (SSSR count). The highest BCUT2D eigenvalue weighted by atomic mass is 35.5. The molecule has 0 saturated carbocycles. The first kappa shape index (κ1) is 24.3. The molecule has 1 aliphatic rings. The molecule has 0 bridgehead atoms. The van der Waals surface area contributed by atoms with Crippen LogP contribution in [0.2, 0.25) is 10.0 Å². The minimum Gasteiger partial charge on any atom is -0.355 e. The van der Waals surface area contributed by atoms with Crippen LogP contribution in [0.3, 0.4) is 0 Å². The summed E-state index contributed by atoms with van der Waals surface area (Å²) in [5.74, 6) is 0.101. The van der Waals surface area contributed by atoms with E-state index in [-0.39, 0.29) is 23.2 Å². The number of carbonyl (C=O) groups excluding carboxylic acids is 1. The van der Waals surface area contributed by atoms with Crippen LogP contribution in [0.1, 0.15) is 18.4 Å². The Labute approximate surface area is 196 Å². The van der Waals surface area contributed by atoms with Gasteiger partial charge in [0.05, 0.1) is 10.8 Å². The molecule has 2 aromatic rings. The van der Waals surface area contributed by atoms with Crippen LogP contribution in [0.5, 0.6) is 0 Å². The first-order valence-corrected chi connectivity index (χ1v) is 13.2. The molecular weight excluding hydrogens is 482 g/mol. The summed E-state index contributed by atoms with van der Waals surface area (Å²) in [5.41, 5.74) is 0.454. The van der Waals surface area contributed by atoms with Crippen molar-refractivity contribution >= 4 is 50.9 Å². The van der Waals surface area contributed by atoms with Crippen LogP contribution in [0.15, 0.2) is 47.4 Å². The molecule has 1 atom stereocenters. The van der Waals surface area contributed by atoms with Gasteiger partial charge >= 0.3 is 0 Å². The highest BCUT2D eigenvalue weighted by Crippen LogP contribution is 2.26. The van der Waals surface area contributed by atoms with Gasteiger partial charge in [-0.25, -0.2) is 12.8 Å². The summed E-state index contributed by atoms with van der Waals surface area (Å²) in [4.78, 5) is 12.7. The number of carbonyl (C=O) groups is 1. The van der Waals surface area contributed by atoms with Crippen LogP contribution in [0.25, 0.3) is 0 Å². The monoisotopic (exact) mass is 504 g/mol. The van der Waals surface area contributed by atoms with E-state index in [1.54, 1.807) is 12.1 Å². The molecule has 0 radical (unpaired) electrons. The van der Waals surface area contributed by atoms with Crippen molar-refractivity contribution in [3.8, 4) is 0 Å². The summed E-state index contributed by atoms with van der Waals surface area (Å²) in [6.45, 7) is 0.943. The maximum Gasteiger partial charge on any atom is 0.243 e. The Morgan fingerprint density at radius 2 is 1.94 bits per heavy atom. The van der Waals surface area contributed by atoms with Gasteiger partial charge in [0.25, 0.3) is 0 Å². The Hall–Kier alpha value is -1.32. The maximum atomic E-state index is 13.8. The van der Waals surface area contributed by atoms with Gasteiger partial charge in [0.2, 0.25) is 15.9 Å². The lowest BCUT2D eigenvalue weighted by Gasteiger charge is -2.31. The summed E-state index contributed by atoms with van der Waals surface area (Å²) in [7, 11) is -3.67. The lowest BCUT2D eigenvalue weighted by molar-refractivity contribution is -0.125. The lowest BCUT2D eigenvalue weighted by Crippen LogP contribution is -2.45. The normalized spacial score (nSPS) is 17.5. The molecule has 31 heavy (non-hydrogen) atoms. The second kappa shape index (κ2) is 11.0. The lowest BCUT2D eigenvalue weighted by atomic mass is 9.99. The van der Waals surface area contributed by atoms with Crippen molar-refractivity contribution < 1.29 is 17.6 Å². The number of nitrogens with zero attached hydrogens (tertiary/aromatic N) is 1. The number of hydrogen-bond acceptors (Lipinski definition) is 4. The largest absolute Gasteiger partial charge is 0.355 e. The second-order valence-corrected chi connectivity index (χ2v) is 11.1. The quantitative estimate of drug-likeness (QED) is 0.534. The van der Waals surface area contributed by atoms with E-state index in [9.17, 15) is 17.6 Å². The van der Waals surface area contributed by atoms with Crippen molar-refractivity contribution in [2.75, 3.05) is 25.4 Å². The van der Waals surface area contributed by atoms with Crippen LogP contribution in [-0.4, -0.2) is 44.0 Å². The van der Waals surface area contributed by atoms with Crippen LogP contribution in [0, 0.1) is 11.7 Å². The molecular formula is C21H23Cl2FN2O3S2. The van der Waals surface area contributed by atoms with E-state index in [0.717, 1.165) is 0 Å². The molecule has 0 aliphatic carbocycles. The summed E-state index contributed by atoms with van der Waals surface area (Å²) in [6, 6.07) is 10.6. The molecule has 1 heterocycles. The SMILES string of the molecule is O=C(NCCSCc1c(F)cccc1Cl)[C@H]1CCCN(S(=O)(=O)c2ccc(Cl)cc2)C1. The molecule has 1 aliphatic heterocycles. The molecule has 1 N–H and O–H groups in total. The summed E-state index contributed by atoms with van der Waals surface area (Å²) < 4.78 is 40.9. The van der Waals surface area contributed by atoms with E-state index in [0.29, 0.717) is 53.0 Å². The van der Waals surface area contributed by atoms with Gasteiger partial charge in [-0.3, -0.25) is 4.79 Å². The standard InChI is InChI=1S/C21H23Cl2FN2O3S2/c22-16-6-8-17(9-7-16)31(28,29)26-11-2-3-15(13-26)21(27)25-10-12-30-14-18-19(23)4-1-5-20(18)24/h1,4-9,15H,2-3,10-14H2,(H,25,27)/t15-/m0/s1. The third-order valence-electron chi connectivity index (χ3n) is 5.06. The molecule has 0 spiro atoms. The number of halogens is 3. The number of sulfonamides is 1. The predicted molar refractivity (Wildman–Crippen MR) is 124 cm³/mol. The molecule has 0 aromatic heterocycles. The molecule has 1 saturated heterocycles. The van der Waals surface area contributed by atoms with Crippen molar-refractivity contribution in [3.63, 3.8) is 0 Å².